The van der Waals surface area contributed by atoms with Crippen molar-refractivity contribution in [2.24, 2.45) is 0 Å². The van der Waals surface area contributed by atoms with Gasteiger partial charge in [0.05, 0.1) is 10.9 Å². The number of carbonyl (C=O) groups is 2. The fraction of sp³-hybridized carbons (Fsp3) is 0.286. The third-order valence-corrected chi connectivity index (χ3v) is 5.57. The molecule has 8 nitrogen and oxygen atoms in total. The molecule has 1 heterocycles. The number of nitrogens with one attached hydrogen (secondary N) is 2. The number of urea groups is 1. The third kappa shape index (κ3) is 5.04. The number of amides is 3. The van der Waals surface area contributed by atoms with Crippen LogP contribution in [-0.2, 0) is 4.79 Å². The lowest BCUT2D eigenvalue weighted by Gasteiger charge is -2.13. The number of thioether (sulfide) groups is 1. The van der Waals surface area contributed by atoms with Gasteiger partial charge in [0.2, 0.25) is 11.1 Å². The Labute approximate surface area is 179 Å². The zero-order chi connectivity index (χ0) is 21.8. The summed E-state index contributed by atoms with van der Waals surface area (Å²) in [6.45, 7) is 9.57. The molecule has 0 aliphatic carbocycles. The lowest BCUT2D eigenvalue weighted by atomic mass is 10.1. The van der Waals surface area contributed by atoms with E-state index in [2.05, 4.69) is 26.2 Å². The van der Waals surface area contributed by atoms with Crippen molar-refractivity contribution in [3.05, 3.63) is 58.7 Å². The highest BCUT2D eigenvalue weighted by atomic mass is 32.2. The molecule has 0 fully saturated rings. The molecule has 3 aromatic rings. The minimum atomic E-state index is -0.578. The van der Waals surface area contributed by atoms with Gasteiger partial charge in [0, 0.05) is 5.69 Å². The summed E-state index contributed by atoms with van der Waals surface area (Å²) < 4.78 is 1.60. The van der Waals surface area contributed by atoms with Gasteiger partial charge < -0.3 is 5.32 Å². The van der Waals surface area contributed by atoms with E-state index in [1.54, 1.807) is 11.6 Å². The molecule has 0 saturated heterocycles. The Kier molecular flexibility index (Phi) is 6.51. The van der Waals surface area contributed by atoms with Gasteiger partial charge in [0.1, 0.15) is 0 Å². The van der Waals surface area contributed by atoms with E-state index in [0.29, 0.717) is 10.8 Å². The molecule has 30 heavy (non-hydrogen) atoms. The average molecular weight is 425 g/mol. The van der Waals surface area contributed by atoms with Gasteiger partial charge in [-0.25, -0.2) is 4.79 Å². The standard InChI is InChI=1S/C21H24N6O2S/c1-12-6-8-17(14(3)10-12)22-20(29)23-19(28)16(5)30-21-24-25-26-27(21)18-9-7-13(2)11-15(18)4/h6-11,16H,1-5H3,(H2,22,23,28,29). The lowest BCUT2D eigenvalue weighted by Crippen LogP contribution is -2.39. The first-order chi connectivity index (χ1) is 14.2. The maximum Gasteiger partial charge on any atom is 0.325 e. The van der Waals surface area contributed by atoms with Gasteiger partial charge in [-0.1, -0.05) is 47.2 Å². The quantitative estimate of drug-likeness (QED) is 0.605. The number of tetrazole rings is 1. The van der Waals surface area contributed by atoms with Crippen LogP contribution >= 0.6 is 11.8 Å². The second-order valence-corrected chi connectivity index (χ2v) is 8.49. The number of anilines is 1. The molecule has 0 aliphatic heterocycles. The van der Waals surface area contributed by atoms with E-state index in [0.717, 1.165) is 27.9 Å². The highest BCUT2D eigenvalue weighted by Gasteiger charge is 2.21. The Morgan fingerprint density at radius 1 is 1.00 bits per heavy atom. The van der Waals surface area contributed by atoms with Gasteiger partial charge in [0.25, 0.3) is 0 Å². The Balaban J connectivity index is 1.65. The van der Waals surface area contributed by atoms with Gasteiger partial charge in [-0.15, -0.1) is 5.10 Å². The number of aryl methyl sites for hydroxylation is 4. The number of hydrogen-bond acceptors (Lipinski definition) is 6. The van der Waals surface area contributed by atoms with Crippen LogP contribution in [0.4, 0.5) is 10.5 Å². The molecule has 1 unspecified atom stereocenters. The first-order valence-corrected chi connectivity index (χ1v) is 10.3. The van der Waals surface area contributed by atoms with Crippen LogP contribution in [0.3, 0.4) is 0 Å². The number of hydrogen-bond donors (Lipinski definition) is 2. The molecule has 0 saturated carbocycles. The van der Waals surface area contributed by atoms with Gasteiger partial charge >= 0.3 is 6.03 Å². The van der Waals surface area contributed by atoms with Crippen molar-refractivity contribution in [2.45, 2.75) is 45.0 Å². The largest absolute Gasteiger partial charge is 0.325 e. The summed E-state index contributed by atoms with van der Waals surface area (Å²) >= 11 is 1.18. The third-order valence-electron chi connectivity index (χ3n) is 4.54. The summed E-state index contributed by atoms with van der Waals surface area (Å²) in [5.41, 5.74) is 5.68. The molecule has 1 aromatic heterocycles. The normalized spacial score (nSPS) is 11.8. The summed E-state index contributed by atoms with van der Waals surface area (Å²) in [4.78, 5) is 24.7. The smallest absolute Gasteiger partial charge is 0.307 e. The van der Waals surface area contributed by atoms with Crippen LogP contribution in [0, 0.1) is 27.7 Å². The van der Waals surface area contributed by atoms with E-state index < -0.39 is 17.2 Å². The number of nitrogens with zero attached hydrogens (tertiary/aromatic N) is 4. The van der Waals surface area contributed by atoms with Gasteiger partial charge in [-0.3, -0.25) is 10.1 Å². The summed E-state index contributed by atoms with van der Waals surface area (Å²) in [7, 11) is 0. The van der Waals surface area contributed by atoms with Crippen molar-refractivity contribution in [2.75, 3.05) is 5.32 Å². The summed E-state index contributed by atoms with van der Waals surface area (Å²) in [5.74, 6) is -0.433. The van der Waals surface area contributed by atoms with E-state index in [-0.39, 0.29) is 0 Å². The number of benzene rings is 2. The van der Waals surface area contributed by atoms with Crippen LogP contribution in [0.25, 0.3) is 5.69 Å². The monoisotopic (exact) mass is 424 g/mol. The van der Waals surface area contributed by atoms with Crippen molar-refractivity contribution in [1.29, 1.82) is 0 Å². The molecule has 2 N–H and O–H groups in total. The number of aromatic nitrogens is 4. The Bertz CT molecular complexity index is 1090. The fourth-order valence-corrected chi connectivity index (χ4v) is 3.78. The second kappa shape index (κ2) is 9.08. The minimum Gasteiger partial charge on any atom is -0.307 e. The molecular weight excluding hydrogens is 400 g/mol. The average Bonchev–Trinajstić information content (AvgIpc) is 3.11. The maximum atomic E-state index is 12.5. The van der Waals surface area contributed by atoms with Crippen LogP contribution in [-0.4, -0.2) is 37.4 Å². The lowest BCUT2D eigenvalue weighted by molar-refractivity contribution is -0.119. The van der Waals surface area contributed by atoms with Gasteiger partial charge in [-0.2, -0.15) is 4.68 Å². The van der Waals surface area contributed by atoms with Crippen LogP contribution in [0.15, 0.2) is 41.6 Å². The van der Waals surface area contributed by atoms with Crippen molar-refractivity contribution in [3.63, 3.8) is 0 Å². The molecule has 0 bridgehead atoms. The van der Waals surface area contributed by atoms with E-state index in [1.807, 2.05) is 64.1 Å². The highest BCUT2D eigenvalue weighted by molar-refractivity contribution is 8.00. The topological polar surface area (TPSA) is 102 Å². The van der Waals surface area contributed by atoms with Crippen LogP contribution in [0.2, 0.25) is 0 Å². The SMILES string of the molecule is Cc1ccc(NC(=O)NC(=O)C(C)Sc2nnnn2-c2ccc(C)cc2C)c(C)c1. The Hall–Kier alpha value is -3.20. The van der Waals surface area contributed by atoms with Crippen LogP contribution in [0.1, 0.15) is 29.2 Å². The Morgan fingerprint density at radius 3 is 2.33 bits per heavy atom. The molecule has 156 valence electrons. The minimum absolute atomic E-state index is 0.433. The van der Waals surface area contributed by atoms with Gasteiger partial charge in [-0.05, 0) is 68.3 Å². The van der Waals surface area contributed by atoms with Crippen molar-refractivity contribution < 1.29 is 9.59 Å². The highest BCUT2D eigenvalue weighted by Crippen LogP contribution is 2.25. The van der Waals surface area contributed by atoms with Crippen LogP contribution in [0.5, 0.6) is 0 Å². The molecule has 0 aliphatic rings. The number of imide groups is 1. The van der Waals surface area contributed by atoms with E-state index >= 15 is 0 Å². The zero-order valence-corrected chi connectivity index (χ0v) is 18.4. The van der Waals surface area contributed by atoms with Crippen molar-refractivity contribution >= 4 is 29.4 Å². The van der Waals surface area contributed by atoms with E-state index in [9.17, 15) is 9.59 Å². The second-order valence-electron chi connectivity index (χ2n) is 7.19. The molecule has 2 aromatic carbocycles. The van der Waals surface area contributed by atoms with Crippen molar-refractivity contribution in [1.82, 2.24) is 25.5 Å². The number of rotatable bonds is 5. The predicted molar refractivity (Wildman–Crippen MR) is 117 cm³/mol. The van der Waals surface area contributed by atoms with Crippen LogP contribution < -0.4 is 10.6 Å². The molecule has 1 atom stereocenters. The summed E-state index contributed by atoms with van der Waals surface area (Å²) in [6, 6.07) is 11.1. The van der Waals surface area contributed by atoms with E-state index in [1.165, 1.54) is 11.8 Å². The predicted octanol–water partition coefficient (Wildman–Crippen LogP) is 3.72. The molecule has 0 radical (unpaired) electrons. The molecule has 9 heteroatoms. The van der Waals surface area contributed by atoms with Crippen molar-refractivity contribution in [3.8, 4) is 5.69 Å². The van der Waals surface area contributed by atoms with E-state index in [4.69, 9.17) is 0 Å². The zero-order valence-electron chi connectivity index (χ0n) is 17.6. The molecule has 3 rings (SSSR count). The Morgan fingerprint density at radius 2 is 1.67 bits per heavy atom. The summed E-state index contributed by atoms with van der Waals surface area (Å²) in [6.07, 6.45) is 0. The van der Waals surface area contributed by atoms with Gasteiger partial charge in [0.15, 0.2) is 0 Å². The number of carbonyl (C=O) groups excluding carboxylic acids is 2. The first-order valence-electron chi connectivity index (χ1n) is 9.46. The summed E-state index contributed by atoms with van der Waals surface area (Å²) in [5, 5.41) is 16.8. The first kappa shape index (κ1) is 21.5. The molecule has 3 amide bonds. The molecule has 0 spiro atoms. The molecular formula is C21H24N6O2S. The fourth-order valence-electron chi connectivity index (χ4n) is 2.98. The maximum absolute atomic E-state index is 12.5.